The Morgan fingerprint density at radius 1 is 1.06 bits per heavy atom. The Bertz CT molecular complexity index is 1040. The molecule has 0 saturated carbocycles. The second-order valence-corrected chi connectivity index (χ2v) is 6.69. The fraction of sp³-hybridized carbons (Fsp3) is 0.250. The largest absolute Gasteiger partial charge is 0.490 e. The van der Waals surface area contributed by atoms with E-state index in [-0.39, 0.29) is 17.9 Å². The second-order valence-electron chi connectivity index (χ2n) is 6.69. The number of ether oxygens (including phenoxy) is 4. The van der Waals surface area contributed by atoms with Gasteiger partial charge >= 0.3 is 11.9 Å². The van der Waals surface area contributed by atoms with Crippen molar-refractivity contribution in [3.8, 4) is 11.5 Å². The van der Waals surface area contributed by atoms with Crippen molar-refractivity contribution in [3.63, 3.8) is 0 Å². The predicted molar refractivity (Wildman–Crippen MR) is 121 cm³/mol. The summed E-state index contributed by atoms with van der Waals surface area (Å²) < 4.78 is 21.1. The average Bonchev–Trinajstić information content (AvgIpc) is 2.81. The molecule has 0 aliphatic rings. The second kappa shape index (κ2) is 12.0. The molecule has 0 unspecified atom stereocenters. The fourth-order valence-electron chi connectivity index (χ4n) is 2.96. The maximum Gasteiger partial charge on any atom is 0.345 e. The molecule has 174 valence electrons. The third-order valence-electron chi connectivity index (χ3n) is 4.47. The molecule has 0 bridgehead atoms. The molecule has 9 nitrogen and oxygen atoms in total. The minimum atomic E-state index is -0.830. The number of rotatable bonds is 11. The van der Waals surface area contributed by atoms with Crippen molar-refractivity contribution in [3.05, 3.63) is 81.4 Å². The molecule has 2 aromatic rings. The number of allylic oxidation sites excluding steroid dienone is 1. The molecular weight excluding hydrogens is 430 g/mol. The van der Waals surface area contributed by atoms with Gasteiger partial charge in [0.05, 0.1) is 25.7 Å². The van der Waals surface area contributed by atoms with Gasteiger partial charge in [0.2, 0.25) is 0 Å². The smallest absolute Gasteiger partial charge is 0.345 e. The highest BCUT2D eigenvalue weighted by Crippen LogP contribution is 2.35. The Morgan fingerprint density at radius 3 is 2.21 bits per heavy atom. The van der Waals surface area contributed by atoms with Gasteiger partial charge < -0.3 is 18.9 Å². The molecule has 0 saturated heterocycles. The highest BCUT2D eigenvalue weighted by atomic mass is 16.6. The van der Waals surface area contributed by atoms with Crippen LogP contribution in [-0.2, 0) is 32.1 Å². The number of non-ortho nitro benzene ring substituents is 1. The Morgan fingerprint density at radius 2 is 1.70 bits per heavy atom. The topological polar surface area (TPSA) is 114 Å². The van der Waals surface area contributed by atoms with Crippen molar-refractivity contribution in [2.45, 2.75) is 20.0 Å². The number of methoxy groups -OCH3 is 2. The summed E-state index contributed by atoms with van der Waals surface area (Å²) in [6.45, 7) is 6.07. The van der Waals surface area contributed by atoms with Gasteiger partial charge in [-0.3, -0.25) is 10.1 Å². The first-order valence-electron chi connectivity index (χ1n) is 9.99. The van der Waals surface area contributed by atoms with Gasteiger partial charge in [-0.15, -0.1) is 6.58 Å². The van der Waals surface area contributed by atoms with Crippen LogP contribution in [0, 0.1) is 10.1 Å². The standard InChI is InChI=1S/C24H25NO8/c1-5-7-18-12-17(13-20(23(26)30-3)24(27)31-4)14-21(32-6-2)22(18)33-15-16-8-10-19(11-9-16)25(28)29/h5,8-14H,1,6-7,15H2,2-4H3. The monoisotopic (exact) mass is 455 g/mol. The minimum Gasteiger partial charge on any atom is -0.490 e. The van der Waals surface area contributed by atoms with Crippen LogP contribution >= 0.6 is 0 Å². The molecule has 0 aromatic heterocycles. The first kappa shape index (κ1) is 25.1. The van der Waals surface area contributed by atoms with Gasteiger partial charge in [-0.25, -0.2) is 9.59 Å². The first-order chi connectivity index (χ1) is 15.8. The molecule has 0 fully saturated rings. The van der Waals surface area contributed by atoms with Crippen molar-refractivity contribution in [2.75, 3.05) is 20.8 Å². The van der Waals surface area contributed by atoms with E-state index in [4.69, 9.17) is 9.47 Å². The SMILES string of the molecule is C=CCc1cc(C=C(C(=O)OC)C(=O)OC)cc(OCC)c1OCc1ccc([N+](=O)[O-])cc1. The van der Waals surface area contributed by atoms with E-state index in [0.29, 0.717) is 35.7 Å². The summed E-state index contributed by atoms with van der Waals surface area (Å²) in [5, 5.41) is 10.8. The van der Waals surface area contributed by atoms with Gasteiger partial charge in [0.25, 0.3) is 5.69 Å². The van der Waals surface area contributed by atoms with Gasteiger partial charge in [-0.05, 0) is 54.8 Å². The third-order valence-corrected chi connectivity index (χ3v) is 4.47. The van der Waals surface area contributed by atoms with Crippen LogP contribution in [0.5, 0.6) is 11.5 Å². The summed E-state index contributed by atoms with van der Waals surface area (Å²) in [5.74, 6) is -0.795. The van der Waals surface area contributed by atoms with Gasteiger partial charge in [0, 0.05) is 17.7 Å². The van der Waals surface area contributed by atoms with Crippen LogP contribution in [0.1, 0.15) is 23.6 Å². The van der Waals surface area contributed by atoms with E-state index in [1.165, 1.54) is 32.4 Å². The van der Waals surface area contributed by atoms with E-state index in [1.54, 1.807) is 30.3 Å². The molecule has 0 amide bonds. The van der Waals surface area contributed by atoms with Gasteiger partial charge in [0.1, 0.15) is 12.2 Å². The molecule has 2 rings (SSSR count). The predicted octanol–water partition coefficient (Wildman–Crippen LogP) is 4.03. The summed E-state index contributed by atoms with van der Waals surface area (Å²) in [5.41, 5.74) is 1.66. The highest BCUT2D eigenvalue weighted by Gasteiger charge is 2.21. The van der Waals surface area contributed by atoms with E-state index >= 15 is 0 Å². The van der Waals surface area contributed by atoms with Crippen LogP contribution in [0.25, 0.3) is 6.08 Å². The van der Waals surface area contributed by atoms with E-state index < -0.39 is 16.9 Å². The summed E-state index contributed by atoms with van der Waals surface area (Å²) in [4.78, 5) is 34.4. The summed E-state index contributed by atoms with van der Waals surface area (Å²) >= 11 is 0. The molecule has 0 heterocycles. The number of nitrogens with zero attached hydrogens (tertiary/aromatic N) is 1. The fourth-order valence-corrected chi connectivity index (χ4v) is 2.96. The summed E-state index contributed by atoms with van der Waals surface area (Å²) in [6.07, 6.45) is 3.45. The zero-order valence-corrected chi connectivity index (χ0v) is 18.7. The van der Waals surface area contributed by atoms with Crippen LogP contribution in [-0.4, -0.2) is 37.7 Å². The van der Waals surface area contributed by atoms with E-state index in [1.807, 2.05) is 6.92 Å². The molecule has 0 aliphatic heterocycles. The Kier molecular flexibility index (Phi) is 9.17. The highest BCUT2D eigenvalue weighted by molar-refractivity contribution is 6.17. The molecule has 0 aliphatic carbocycles. The van der Waals surface area contributed by atoms with E-state index in [2.05, 4.69) is 16.1 Å². The minimum absolute atomic E-state index is 0.00995. The zero-order chi connectivity index (χ0) is 24.4. The quantitative estimate of drug-likeness (QED) is 0.0949. The lowest BCUT2D eigenvalue weighted by molar-refractivity contribution is -0.384. The normalized spacial score (nSPS) is 10.0. The number of carbonyl (C=O) groups excluding carboxylic acids is 2. The maximum atomic E-state index is 12.0. The zero-order valence-electron chi connectivity index (χ0n) is 18.7. The summed E-state index contributed by atoms with van der Waals surface area (Å²) in [7, 11) is 2.34. The van der Waals surface area contributed by atoms with Crippen molar-refractivity contribution in [2.24, 2.45) is 0 Å². The molecule has 9 heteroatoms. The van der Waals surface area contributed by atoms with E-state index in [0.717, 1.165) is 5.56 Å². The number of esters is 2. The number of hydrogen-bond donors (Lipinski definition) is 0. The number of benzene rings is 2. The number of nitro groups is 1. The molecule has 0 spiro atoms. The van der Waals surface area contributed by atoms with Crippen molar-refractivity contribution in [1.29, 1.82) is 0 Å². The van der Waals surface area contributed by atoms with Crippen molar-refractivity contribution < 1.29 is 33.5 Å². The van der Waals surface area contributed by atoms with Crippen LogP contribution in [0.4, 0.5) is 5.69 Å². The third kappa shape index (κ3) is 6.67. The molecule has 0 N–H and O–H groups in total. The molecule has 33 heavy (non-hydrogen) atoms. The van der Waals surface area contributed by atoms with Crippen molar-refractivity contribution in [1.82, 2.24) is 0 Å². The van der Waals surface area contributed by atoms with Gasteiger partial charge in [-0.1, -0.05) is 6.08 Å². The van der Waals surface area contributed by atoms with Crippen LogP contribution < -0.4 is 9.47 Å². The van der Waals surface area contributed by atoms with Gasteiger partial charge in [-0.2, -0.15) is 0 Å². The average molecular weight is 455 g/mol. The Balaban J connectivity index is 2.46. The molecular formula is C24H25NO8. The number of nitro benzene ring substituents is 1. The van der Waals surface area contributed by atoms with E-state index in [9.17, 15) is 19.7 Å². The Hall–Kier alpha value is -4.14. The molecule has 0 radical (unpaired) electrons. The first-order valence-corrected chi connectivity index (χ1v) is 9.99. The van der Waals surface area contributed by atoms with Crippen LogP contribution in [0.15, 0.2) is 54.6 Å². The summed E-state index contributed by atoms with van der Waals surface area (Å²) in [6, 6.07) is 9.40. The lowest BCUT2D eigenvalue weighted by Gasteiger charge is -2.17. The lowest BCUT2D eigenvalue weighted by atomic mass is 10.0. The molecule has 0 atom stereocenters. The number of hydrogen-bond acceptors (Lipinski definition) is 8. The van der Waals surface area contributed by atoms with Crippen molar-refractivity contribution >= 4 is 23.7 Å². The maximum absolute atomic E-state index is 12.0. The van der Waals surface area contributed by atoms with Gasteiger partial charge in [0.15, 0.2) is 11.5 Å². The van der Waals surface area contributed by atoms with Crippen LogP contribution in [0.2, 0.25) is 0 Å². The number of carbonyl (C=O) groups is 2. The lowest BCUT2D eigenvalue weighted by Crippen LogP contribution is -2.15. The molecule has 2 aromatic carbocycles. The Labute approximate surface area is 191 Å². The van der Waals surface area contributed by atoms with Crippen LogP contribution in [0.3, 0.4) is 0 Å².